The fourth-order valence-electron chi connectivity index (χ4n) is 4.71. The van der Waals surface area contributed by atoms with Gasteiger partial charge in [0.05, 0.1) is 19.8 Å². The molecule has 2 aliphatic heterocycles. The van der Waals surface area contributed by atoms with E-state index >= 15 is 0 Å². The Bertz CT molecular complexity index is 1230. The number of nitrogens with zero attached hydrogens (tertiary/aromatic N) is 3. The number of carbonyl (C=O) groups is 1. The lowest BCUT2D eigenvalue weighted by Crippen LogP contribution is -2.42. The first-order chi connectivity index (χ1) is 16.0. The van der Waals surface area contributed by atoms with Crippen LogP contribution in [0.4, 0.5) is 0 Å². The van der Waals surface area contributed by atoms with Gasteiger partial charge in [0.25, 0.3) is 0 Å². The fourth-order valence-corrected chi connectivity index (χ4v) is 5.08. The van der Waals surface area contributed by atoms with E-state index in [1.54, 1.807) is 6.07 Å². The van der Waals surface area contributed by atoms with Crippen molar-refractivity contribution < 1.29 is 14.6 Å². The minimum atomic E-state index is -0.905. The van der Waals surface area contributed by atoms with E-state index in [0.29, 0.717) is 35.4 Å². The van der Waals surface area contributed by atoms with Crippen LogP contribution in [0.3, 0.4) is 0 Å². The Kier molecular flexibility index (Phi) is 6.34. The number of aliphatic carboxylic acids is 1. The van der Waals surface area contributed by atoms with E-state index < -0.39 is 5.97 Å². The Labute approximate surface area is 202 Å². The predicted molar refractivity (Wildman–Crippen MR) is 131 cm³/mol. The van der Waals surface area contributed by atoms with Crippen molar-refractivity contribution in [1.82, 2.24) is 14.4 Å². The quantitative estimate of drug-likeness (QED) is 0.554. The summed E-state index contributed by atoms with van der Waals surface area (Å²) in [6.45, 7) is 5.70. The zero-order chi connectivity index (χ0) is 22.9. The highest BCUT2D eigenvalue weighted by molar-refractivity contribution is 6.33. The van der Waals surface area contributed by atoms with E-state index in [9.17, 15) is 9.90 Å². The molecule has 3 heterocycles. The molecule has 0 aliphatic carbocycles. The average molecular weight is 486 g/mol. The Balaban J connectivity index is 1.53. The summed E-state index contributed by atoms with van der Waals surface area (Å²) in [5, 5.41) is 12.3. The van der Waals surface area contributed by atoms with Crippen LogP contribution in [-0.2, 0) is 22.6 Å². The molecule has 6 nitrogen and oxygen atoms in total. The van der Waals surface area contributed by atoms with Crippen molar-refractivity contribution in [3.05, 3.63) is 75.0 Å². The number of carboxylic acid groups (broad SMARTS) is 1. The van der Waals surface area contributed by atoms with Crippen molar-refractivity contribution in [3.8, 4) is 0 Å². The van der Waals surface area contributed by atoms with E-state index in [1.807, 2.05) is 41.3 Å². The predicted octanol–water partition coefficient (Wildman–Crippen LogP) is 4.57. The van der Waals surface area contributed by atoms with Gasteiger partial charge in [0.1, 0.15) is 5.70 Å². The molecule has 1 fully saturated rings. The summed E-state index contributed by atoms with van der Waals surface area (Å²) in [6, 6.07) is 13.6. The summed E-state index contributed by atoms with van der Waals surface area (Å²) < 4.78 is 7.67. The highest BCUT2D eigenvalue weighted by Gasteiger charge is 2.28. The molecule has 33 heavy (non-hydrogen) atoms. The topological polar surface area (TPSA) is 57.9 Å². The van der Waals surface area contributed by atoms with Gasteiger partial charge in [-0.25, -0.2) is 4.79 Å². The minimum absolute atomic E-state index is 0.333. The number of rotatable bonds is 6. The number of para-hydroxylation sites is 1. The summed E-state index contributed by atoms with van der Waals surface area (Å²) in [5.74, 6) is -0.905. The van der Waals surface area contributed by atoms with Gasteiger partial charge < -0.3 is 19.3 Å². The number of hydrogen-bond acceptors (Lipinski definition) is 4. The standard InChI is InChI=1S/C25H25Cl2N3O3/c26-18-5-6-21(27)17(13-18)15-30-22-4-2-1-3-19(22)20-14-23(25(31)32)29(16-24(20)30)8-7-28-9-11-33-12-10-28/h1-6,13-14H,7-12,15-16H2,(H,31,32). The molecule has 5 rings (SSSR count). The molecule has 0 bridgehead atoms. The van der Waals surface area contributed by atoms with Crippen LogP contribution in [0.25, 0.3) is 17.0 Å². The highest BCUT2D eigenvalue weighted by atomic mass is 35.5. The highest BCUT2D eigenvalue weighted by Crippen LogP contribution is 2.35. The second-order valence-electron chi connectivity index (χ2n) is 8.41. The monoisotopic (exact) mass is 485 g/mol. The first kappa shape index (κ1) is 22.3. The average Bonchev–Trinajstić information content (AvgIpc) is 3.13. The van der Waals surface area contributed by atoms with E-state index in [4.69, 9.17) is 27.9 Å². The van der Waals surface area contributed by atoms with Gasteiger partial charge in [-0.3, -0.25) is 4.90 Å². The molecule has 3 aromatic rings. The van der Waals surface area contributed by atoms with Crippen LogP contribution in [-0.4, -0.2) is 64.8 Å². The SMILES string of the molecule is O=C(O)C1=Cc2c(n(Cc3cc(Cl)ccc3Cl)c3ccccc23)CN1CCN1CCOCC1. The summed E-state index contributed by atoms with van der Waals surface area (Å²) >= 11 is 12.7. The summed E-state index contributed by atoms with van der Waals surface area (Å²) in [6.07, 6.45) is 1.82. The van der Waals surface area contributed by atoms with Crippen LogP contribution in [0.15, 0.2) is 48.2 Å². The fraction of sp³-hybridized carbons (Fsp3) is 0.320. The number of fused-ring (bicyclic) bond motifs is 3. The third kappa shape index (κ3) is 4.49. The first-order valence-corrected chi connectivity index (χ1v) is 11.8. The van der Waals surface area contributed by atoms with Crippen molar-refractivity contribution in [2.45, 2.75) is 13.1 Å². The van der Waals surface area contributed by atoms with Gasteiger partial charge in [-0.2, -0.15) is 0 Å². The van der Waals surface area contributed by atoms with Gasteiger partial charge in [-0.15, -0.1) is 0 Å². The number of morpholine rings is 1. The number of halogens is 2. The van der Waals surface area contributed by atoms with Gasteiger partial charge in [-0.1, -0.05) is 41.4 Å². The second-order valence-corrected chi connectivity index (χ2v) is 9.25. The minimum Gasteiger partial charge on any atom is -0.477 e. The second kappa shape index (κ2) is 9.39. The molecule has 1 saturated heterocycles. The number of hydrogen-bond donors (Lipinski definition) is 1. The van der Waals surface area contributed by atoms with Gasteiger partial charge in [-0.05, 0) is 35.9 Å². The third-order valence-electron chi connectivity index (χ3n) is 6.43. The molecule has 2 aromatic carbocycles. The molecular weight excluding hydrogens is 461 g/mol. The molecule has 0 atom stereocenters. The smallest absolute Gasteiger partial charge is 0.352 e. The molecule has 172 valence electrons. The first-order valence-electron chi connectivity index (χ1n) is 11.1. The van der Waals surface area contributed by atoms with Crippen LogP contribution in [0.5, 0.6) is 0 Å². The molecule has 8 heteroatoms. The van der Waals surface area contributed by atoms with Crippen LogP contribution in [0, 0.1) is 0 Å². The Morgan fingerprint density at radius 3 is 2.64 bits per heavy atom. The lowest BCUT2D eigenvalue weighted by molar-refractivity contribution is -0.134. The van der Waals surface area contributed by atoms with Crippen LogP contribution in [0.1, 0.15) is 16.8 Å². The number of ether oxygens (including phenoxy) is 1. The molecule has 0 radical (unpaired) electrons. The van der Waals surface area contributed by atoms with Crippen LogP contribution >= 0.6 is 23.2 Å². The van der Waals surface area contributed by atoms with Crippen molar-refractivity contribution in [3.63, 3.8) is 0 Å². The summed E-state index contributed by atoms with van der Waals surface area (Å²) in [5.41, 5.74) is 4.36. The van der Waals surface area contributed by atoms with Gasteiger partial charge in [0.2, 0.25) is 0 Å². The van der Waals surface area contributed by atoms with E-state index in [0.717, 1.165) is 60.6 Å². The van der Waals surface area contributed by atoms with Crippen molar-refractivity contribution >= 4 is 46.2 Å². The van der Waals surface area contributed by atoms with Crippen molar-refractivity contribution in [2.24, 2.45) is 0 Å². The molecule has 1 aromatic heterocycles. The Hall–Kier alpha value is -2.51. The molecule has 2 aliphatic rings. The van der Waals surface area contributed by atoms with Crippen molar-refractivity contribution in [2.75, 3.05) is 39.4 Å². The maximum Gasteiger partial charge on any atom is 0.352 e. The summed E-state index contributed by atoms with van der Waals surface area (Å²) in [7, 11) is 0. The molecule has 0 saturated carbocycles. The molecular formula is C25H25Cl2N3O3. The number of aromatic nitrogens is 1. The van der Waals surface area contributed by atoms with Crippen molar-refractivity contribution in [1.29, 1.82) is 0 Å². The number of carboxylic acids is 1. The third-order valence-corrected chi connectivity index (χ3v) is 7.03. The molecule has 0 spiro atoms. The Morgan fingerprint density at radius 2 is 1.85 bits per heavy atom. The van der Waals surface area contributed by atoms with E-state index in [1.165, 1.54) is 0 Å². The molecule has 0 unspecified atom stereocenters. The maximum absolute atomic E-state index is 12.2. The van der Waals surface area contributed by atoms with Gasteiger partial charge in [0, 0.05) is 64.9 Å². The van der Waals surface area contributed by atoms with E-state index in [-0.39, 0.29) is 0 Å². The molecule has 1 N–H and O–H groups in total. The Morgan fingerprint density at radius 1 is 1.06 bits per heavy atom. The zero-order valence-electron chi connectivity index (χ0n) is 18.1. The maximum atomic E-state index is 12.2. The van der Waals surface area contributed by atoms with Gasteiger partial charge >= 0.3 is 5.97 Å². The number of benzene rings is 2. The van der Waals surface area contributed by atoms with Crippen LogP contribution in [0.2, 0.25) is 10.0 Å². The molecule has 0 amide bonds. The van der Waals surface area contributed by atoms with Gasteiger partial charge in [0.15, 0.2) is 0 Å². The van der Waals surface area contributed by atoms with Crippen LogP contribution < -0.4 is 0 Å². The van der Waals surface area contributed by atoms with E-state index in [2.05, 4.69) is 15.5 Å². The largest absolute Gasteiger partial charge is 0.477 e. The normalized spacial score (nSPS) is 16.7. The summed E-state index contributed by atoms with van der Waals surface area (Å²) in [4.78, 5) is 16.4. The lowest BCUT2D eigenvalue weighted by atomic mass is 10.0. The zero-order valence-corrected chi connectivity index (χ0v) is 19.6. The lowest BCUT2D eigenvalue weighted by Gasteiger charge is -2.33.